The van der Waals surface area contributed by atoms with Gasteiger partial charge in [-0.05, 0) is 38.7 Å². The number of aliphatic hydroxyl groups excluding tert-OH is 1. The van der Waals surface area contributed by atoms with Crippen molar-refractivity contribution in [1.82, 2.24) is 29.8 Å². The molecule has 1 aliphatic heterocycles. The van der Waals surface area contributed by atoms with Crippen molar-refractivity contribution in [2.24, 2.45) is 0 Å². The molecule has 3 aromatic heterocycles. The van der Waals surface area contributed by atoms with E-state index in [4.69, 9.17) is 4.98 Å². The first-order chi connectivity index (χ1) is 16.6. The minimum atomic E-state index is -0.161. The smallest absolute Gasteiger partial charge is 0.188 e. The van der Waals surface area contributed by atoms with Gasteiger partial charge in [-0.2, -0.15) is 0 Å². The van der Waals surface area contributed by atoms with Gasteiger partial charge in [0.2, 0.25) is 0 Å². The summed E-state index contributed by atoms with van der Waals surface area (Å²) in [4.78, 5) is 26.4. The molecule has 34 heavy (non-hydrogen) atoms. The normalized spacial score (nSPS) is 18.3. The maximum atomic E-state index is 9.66. The molecule has 8 nitrogen and oxygen atoms in total. The lowest BCUT2D eigenvalue weighted by Crippen LogP contribution is -2.35. The van der Waals surface area contributed by atoms with Gasteiger partial charge in [0.25, 0.3) is 0 Å². The van der Waals surface area contributed by atoms with Crippen molar-refractivity contribution in [2.75, 3.05) is 18.4 Å². The van der Waals surface area contributed by atoms with Gasteiger partial charge in [0.1, 0.15) is 0 Å². The summed E-state index contributed by atoms with van der Waals surface area (Å²) in [6, 6.07) is 2.02. The van der Waals surface area contributed by atoms with Crippen LogP contribution < -0.4 is 5.32 Å². The first kappa shape index (κ1) is 23.6. The number of thiazole rings is 1. The van der Waals surface area contributed by atoms with E-state index in [-0.39, 0.29) is 6.10 Å². The highest BCUT2D eigenvalue weighted by molar-refractivity contribution is 7.99. The predicted octanol–water partition coefficient (Wildman–Crippen LogP) is 4.82. The number of aryl methyl sites for hydroxylation is 1. The van der Waals surface area contributed by atoms with E-state index < -0.39 is 0 Å². The van der Waals surface area contributed by atoms with Gasteiger partial charge in [-0.25, -0.2) is 19.9 Å². The van der Waals surface area contributed by atoms with Gasteiger partial charge in [-0.15, -0.1) is 0 Å². The third-order valence-corrected chi connectivity index (χ3v) is 8.43. The van der Waals surface area contributed by atoms with E-state index in [0.29, 0.717) is 11.1 Å². The van der Waals surface area contributed by atoms with Gasteiger partial charge in [-0.3, -0.25) is 9.88 Å². The van der Waals surface area contributed by atoms with Crippen LogP contribution in [0, 0.1) is 6.92 Å². The topological polar surface area (TPSA) is 100.0 Å². The quantitative estimate of drug-likeness (QED) is 0.445. The van der Waals surface area contributed by atoms with E-state index in [0.717, 1.165) is 64.7 Å². The monoisotopic (exact) mass is 497 g/mol. The maximum Gasteiger partial charge on any atom is 0.188 e. The fourth-order valence-corrected chi connectivity index (χ4v) is 6.42. The van der Waals surface area contributed by atoms with Crippen LogP contribution in [0.25, 0.3) is 10.6 Å². The molecule has 0 unspecified atom stereocenters. The van der Waals surface area contributed by atoms with Gasteiger partial charge in [0.05, 0.1) is 34.8 Å². The number of rotatable bonds is 7. The SMILES string of the molecule is Cc1cc(-c2cnc(Nc3cnc(CN4CCC(O)CC4)cn3)s2)nc(SC2CCCCC2)n1. The minimum Gasteiger partial charge on any atom is -0.393 e. The molecule has 4 heterocycles. The van der Waals surface area contributed by atoms with Crippen LogP contribution in [-0.4, -0.2) is 59.4 Å². The fraction of sp³-hybridized carbons (Fsp3) is 0.542. The van der Waals surface area contributed by atoms with Gasteiger partial charge >= 0.3 is 0 Å². The van der Waals surface area contributed by atoms with E-state index in [1.165, 1.54) is 32.1 Å². The van der Waals surface area contributed by atoms with Crippen LogP contribution >= 0.6 is 23.1 Å². The number of thioether (sulfide) groups is 1. The second kappa shape index (κ2) is 11.1. The molecule has 5 rings (SSSR count). The predicted molar refractivity (Wildman–Crippen MR) is 136 cm³/mol. The molecule has 1 saturated heterocycles. The van der Waals surface area contributed by atoms with Gasteiger partial charge in [0, 0.05) is 36.8 Å². The van der Waals surface area contributed by atoms with Crippen molar-refractivity contribution in [3.8, 4) is 10.6 Å². The standard InChI is InChI=1S/C24H31N7OS2/c1-16-11-20(29-24(28-16)33-19-5-3-2-4-6-19)21-13-27-23(34-21)30-22-14-25-17(12-26-22)15-31-9-7-18(32)8-10-31/h11-14,18-19,32H,2-10,15H2,1H3,(H,26,27,30). The second-order valence-electron chi connectivity index (χ2n) is 9.11. The van der Waals surface area contributed by atoms with Crippen molar-refractivity contribution in [3.05, 3.63) is 36.0 Å². The Morgan fingerprint density at radius 1 is 1.03 bits per heavy atom. The molecule has 0 radical (unpaired) electrons. The Morgan fingerprint density at radius 2 is 1.85 bits per heavy atom. The zero-order valence-corrected chi connectivity index (χ0v) is 21.1. The van der Waals surface area contributed by atoms with E-state index in [1.807, 2.05) is 37.1 Å². The zero-order chi connectivity index (χ0) is 23.3. The Bertz CT molecular complexity index is 1080. The first-order valence-corrected chi connectivity index (χ1v) is 13.8. The average molecular weight is 498 g/mol. The molecule has 10 heteroatoms. The molecular weight excluding hydrogens is 466 g/mol. The highest BCUT2D eigenvalue weighted by Gasteiger charge is 2.19. The lowest BCUT2D eigenvalue weighted by molar-refractivity contribution is 0.0786. The van der Waals surface area contributed by atoms with Crippen LogP contribution in [0.1, 0.15) is 56.3 Å². The van der Waals surface area contributed by atoms with Crippen molar-refractivity contribution in [3.63, 3.8) is 0 Å². The summed E-state index contributed by atoms with van der Waals surface area (Å²) in [5, 5.41) is 15.2. The lowest BCUT2D eigenvalue weighted by Gasteiger charge is -2.28. The summed E-state index contributed by atoms with van der Waals surface area (Å²) in [7, 11) is 0. The number of nitrogens with one attached hydrogen (secondary N) is 1. The van der Waals surface area contributed by atoms with Crippen molar-refractivity contribution < 1.29 is 5.11 Å². The summed E-state index contributed by atoms with van der Waals surface area (Å²) < 4.78 is 0. The Balaban J connectivity index is 1.21. The second-order valence-corrected chi connectivity index (χ2v) is 11.4. The molecule has 0 atom stereocenters. The largest absolute Gasteiger partial charge is 0.393 e. The number of hydrogen-bond acceptors (Lipinski definition) is 10. The molecule has 0 bridgehead atoms. The maximum absolute atomic E-state index is 9.66. The first-order valence-electron chi connectivity index (χ1n) is 12.1. The molecule has 2 aliphatic rings. The summed E-state index contributed by atoms with van der Waals surface area (Å²) in [6.07, 6.45) is 13.4. The van der Waals surface area contributed by atoms with Crippen molar-refractivity contribution >= 4 is 34.0 Å². The third-order valence-electron chi connectivity index (χ3n) is 6.30. The summed E-state index contributed by atoms with van der Waals surface area (Å²) in [6.45, 7) is 4.58. The number of aliphatic hydroxyl groups is 1. The molecule has 180 valence electrons. The molecule has 1 aliphatic carbocycles. The number of nitrogens with zero attached hydrogens (tertiary/aromatic N) is 6. The number of aromatic nitrogens is 5. The van der Waals surface area contributed by atoms with Crippen LogP contribution in [0.15, 0.2) is 29.8 Å². The Labute approximate surface area is 208 Å². The summed E-state index contributed by atoms with van der Waals surface area (Å²) in [5.74, 6) is 0.672. The van der Waals surface area contributed by atoms with Crippen LogP contribution in [0.3, 0.4) is 0 Å². The summed E-state index contributed by atoms with van der Waals surface area (Å²) >= 11 is 3.38. The Hall–Kier alpha value is -2.14. The van der Waals surface area contributed by atoms with Crippen LogP contribution in [-0.2, 0) is 6.54 Å². The van der Waals surface area contributed by atoms with Gasteiger partial charge < -0.3 is 10.4 Å². The average Bonchev–Trinajstić information content (AvgIpc) is 3.31. The molecule has 3 aromatic rings. The van der Waals surface area contributed by atoms with Gasteiger partial charge in [-0.1, -0.05) is 42.4 Å². The molecule has 0 aromatic carbocycles. The summed E-state index contributed by atoms with van der Waals surface area (Å²) in [5.41, 5.74) is 2.83. The number of hydrogen-bond donors (Lipinski definition) is 2. The fourth-order valence-electron chi connectivity index (χ4n) is 4.42. The van der Waals surface area contributed by atoms with E-state index in [1.54, 1.807) is 17.5 Å². The Morgan fingerprint density at radius 3 is 2.62 bits per heavy atom. The molecular formula is C24H31N7OS2. The van der Waals surface area contributed by atoms with E-state index in [9.17, 15) is 5.11 Å². The highest BCUT2D eigenvalue weighted by Crippen LogP contribution is 2.34. The number of anilines is 2. The molecule has 2 N–H and O–H groups in total. The zero-order valence-electron chi connectivity index (χ0n) is 19.5. The van der Waals surface area contributed by atoms with Crippen LogP contribution in [0.4, 0.5) is 10.9 Å². The third kappa shape index (κ3) is 6.29. The lowest BCUT2D eigenvalue weighted by atomic mass is 10.0. The molecule has 0 spiro atoms. The van der Waals surface area contributed by atoms with Gasteiger partial charge in [0.15, 0.2) is 16.1 Å². The van der Waals surface area contributed by atoms with Crippen molar-refractivity contribution in [1.29, 1.82) is 0 Å². The molecule has 0 amide bonds. The van der Waals surface area contributed by atoms with Crippen molar-refractivity contribution in [2.45, 2.75) is 74.9 Å². The van der Waals surface area contributed by atoms with E-state index in [2.05, 4.69) is 30.2 Å². The Kier molecular flexibility index (Phi) is 7.68. The minimum absolute atomic E-state index is 0.161. The molecule has 2 fully saturated rings. The van der Waals surface area contributed by atoms with Crippen LogP contribution in [0.2, 0.25) is 0 Å². The number of likely N-dealkylation sites (tertiary alicyclic amines) is 1. The van der Waals surface area contributed by atoms with E-state index >= 15 is 0 Å². The number of piperidine rings is 1. The van der Waals surface area contributed by atoms with Crippen LogP contribution in [0.5, 0.6) is 0 Å². The highest BCUT2D eigenvalue weighted by atomic mass is 32.2. The molecule has 1 saturated carbocycles.